The molecule has 2 aliphatic rings. The summed E-state index contributed by atoms with van der Waals surface area (Å²) in [4.78, 5) is 9.89. The summed E-state index contributed by atoms with van der Waals surface area (Å²) in [6, 6.07) is 11.0. The van der Waals surface area contributed by atoms with E-state index in [4.69, 9.17) is 14.5 Å². The second-order valence-electron chi connectivity index (χ2n) is 7.53. The molecule has 0 amide bonds. The predicted octanol–water partition coefficient (Wildman–Crippen LogP) is 1.34. The molecule has 1 aromatic rings. The number of rotatable bonds is 9. The minimum Gasteiger partial charge on any atom is -0.379 e. The molecule has 1 aromatic carbocycles. The first kappa shape index (κ1) is 22.0. The molecule has 2 N–H and O–H groups in total. The lowest BCUT2D eigenvalue weighted by Gasteiger charge is -2.34. The van der Waals surface area contributed by atoms with Crippen LogP contribution < -0.4 is 10.6 Å². The van der Waals surface area contributed by atoms with Crippen molar-refractivity contribution in [1.82, 2.24) is 20.4 Å². The van der Waals surface area contributed by atoms with Crippen LogP contribution in [0, 0.1) is 0 Å². The first-order chi connectivity index (χ1) is 14.4. The largest absolute Gasteiger partial charge is 0.379 e. The Labute approximate surface area is 175 Å². The maximum absolute atomic E-state index is 5.55. The molecule has 0 radical (unpaired) electrons. The number of nitrogens with zero attached hydrogens (tertiary/aromatic N) is 3. The van der Waals surface area contributed by atoms with Crippen LogP contribution in [0.2, 0.25) is 0 Å². The van der Waals surface area contributed by atoms with Gasteiger partial charge in [-0.25, -0.2) is 0 Å². The van der Waals surface area contributed by atoms with Crippen molar-refractivity contribution in [1.29, 1.82) is 0 Å². The molecule has 0 bridgehead atoms. The highest BCUT2D eigenvalue weighted by Crippen LogP contribution is 2.22. The van der Waals surface area contributed by atoms with E-state index >= 15 is 0 Å². The van der Waals surface area contributed by atoms with E-state index in [0.29, 0.717) is 0 Å². The third-order valence-corrected chi connectivity index (χ3v) is 5.48. The summed E-state index contributed by atoms with van der Waals surface area (Å²) in [5.41, 5.74) is 1.32. The Morgan fingerprint density at radius 2 is 1.69 bits per heavy atom. The van der Waals surface area contributed by atoms with Gasteiger partial charge in [0.25, 0.3) is 0 Å². The molecular formula is C22H37N5O2. The first-order valence-electron chi connectivity index (χ1n) is 11.1. The smallest absolute Gasteiger partial charge is 0.191 e. The number of hydrogen-bond donors (Lipinski definition) is 2. The number of aliphatic imine (C=N–C) groups is 1. The summed E-state index contributed by atoms with van der Waals surface area (Å²) in [6.07, 6.45) is 1.11. The zero-order valence-corrected chi connectivity index (χ0v) is 17.8. The Morgan fingerprint density at radius 1 is 1.00 bits per heavy atom. The molecule has 3 rings (SSSR count). The second-order valence-corrected chi connectivity index (χ2v) is 7.53. The molecule has 7 heteroatoms. The molecule has 0 spiro atoms. The lowest BCUT2D eigenvalue weighted by molar-refractivity contribution is 0.0179. The van der Waals surface area contributed by atoms with Crippen LogP contribution >= 0.6 is 0 Å². The third kappa shape index (κ3) is 7.59. The van der Waals surface area contributed by atoms with Gasteiger partial charge >= 0.3 is 0 Å². The van der Waals surface area contributed by atoms with E-state index in [-0.39, 0.29) is 6.04 Å². The van der Waals surface area contributed by atoms with Crippen molar-refractivity contribution in [3.8, 4) is 0 Å². The van der Waals surface area contributed by atoms with Gasteiger partial charge < -0.3 is 20.1 Å². The molecule has 1 atom stereocenters. The molecule has 0 aliphatic carbocycles. The van der Waals surface area contributed by atoms with Crippen LogP contribution in [0.25, 0.3) is 0 Å². The summed E-state index contributed by atoms with van der Waals surface area (Å²) >= 11 is 0. The van der Waals surface area contributed by atoms with Crippen LogP contribution in [0.5, 0.6) is 0 Å². The average Bonchev–Trinajstić information content (AvgIpc) is 2.79. The molecule has 29 heavy (non-hydrogen) atoms. The van der Waals surface area contributed by atoms with Crippen molar-refractivity contribution >= 4 is 5.96 Å². The Bertz CT molecular complexity index is 586. The lowest BCUT2D eigenvalue weighted by Crippen LogP contribution is -2.42. The molecule has 7 nitrogen and oxygen atoms in total. The van der Waals surface area contributed by atoms with Crippen LogP contribution in [-0.4, -0.2) is 94.5 Å². The van der Waals surface area contributed by atoms with Crippen LogP contribution in [0.3, 0.4) is 0 Å². The molecular weight excluding hydrogens is 366 g/mol. The van der Waals surface area contributed by atoms with Crippen molar-refractivity contribution in [3.05, 3.63) is 35.9 Å². The highest BCUT2D eigenvalue weighted by atomic mass is 16.5. The SMILES string of the molecule is CCNC(=NCC(c1ccccc1)N1CCOCC1)NCCCN1CCOCC1. The second kappa shape index (κ2) is 12.8. The predicted molar refractivity (Wildman–Crippen MR) is 117 cm³/mol. The van der Waals surface area contributed by atoms with E-state index in [1.54, 1.807) is 0 Å². The van der Waals surface area contributed by atoms with Gasteiger partial charge in [0.2, 0.25) is 0 Å². The fourth-order valence-corrected chi connectivity index (χ4v) is 3.85. The highest BCUT2D eigenvalue weighted by Gasteiger charge is 2.22. The number of nitrogens with one attached hydrogen (secondary N) is 2. The van der Waals surface area contributed by atoms with Gasteiger partial charge in [-0.3, -0.25) is 14.8 Å². The fraction of sp³-hybridized carbons (Fsp3) is 0.682. The normalized spacial score (nSPS) is 20.4. The van der Waals surface area contributed by atoms with E-state index < -0.39 is 0 Å². The van der Waals surface area contributed by atoms with Crippen molar-refractivity contribution in [2.24, 2.45) is 4.99 Å². The minimum absolute atomic E-state index is 0.281. The Hall–Kier alpha value is -1.67. The van der Waals surface area contributed by atoms with Crippen molar-refractivity contribution in [3.63, 3.8) is 0 Å². The zero-order valence-electron chi connectivity index (χ0n) is 17.8. The first-order valence-corrected chi connectivity index (χ1v) is 11.1. The van der Waals surface area contributed by atoms with Gasteiger partial charge in [0.15, 0.2) is 5.96 Å². The van der Waals surface area contributed by atoms with E-state index in [1.807, 2.05) is 0 Å². The quantitative estimate of drug-likeness (QED) is 0.369. The van der Waals surface area contributed by atoms with Gasteiger partial charge in [0.1, 0.15) is 0 Å². The number of hydrogen-bond acceptors (Lipinski definition) is 5. The maximum atomic E-state index is 5.55. The third-order valence-electron chi connectivity index (χ3n) is 5.48. The van der Waals surface area contributed by atoms with Gasteiger partial charge in [0.05, 0.1) is 39.0 Å². The molecule has 1 unspecified atom stereocenters. The summed E-state index contributed by atoms with van der Waals surface area (Å²) < 4.78 is 11.0. The molecule has 0 saturated carbocycles. The summed E-state index contributed by atoms with van der Waals surface area (Å²) in [6.45, 7) is 13.1. The van der Waals surface area contributed by atoms with Gasteiger partial charge in [-0.1, -0.05) is 30.3 Å². The van der Waals surface area contributed by atoms with E-state index in [9.17, 15) is 0 Å². The summed E-state index contributed by atoms with van der Waals surface area (Å²) in [7, 11) is 0. The lowest BCUT2D eigenvalue weighted by atomic mass is 10.1. The van der Waals surface area contributed by atoms with Crippen molar-refractivity contribution < 1.29 is 9.47 Å². The zero-order chi connectivity index (χ0) is 20.2. The monoisotopic (exact) mass is 403 g/mol. The number of morpholine rings is 2. The fourth-order valence-electron chi connectivity index (χ4n) is 3.85. The molecule has 0 aromatic heterocycles. The van der Waals surface area contributed by atoms with Gasteiger partial charge in [-0.2, -0.15) is 0 Å². The van der Waals surface area contributed by atoms with Crippen LogP contribution in [-0.2, 0) is 9.47 Å². The van der Waals surface area contributed by atoms with E-state index in [0.717, 1.165) is 91.2 Å². The summed E-state index contributed by atoms with van der Waals surface area (Å²) in [5.74, 6) is 0.906. The Balaban J connectivity index is 1.53. The molecule has 2 heterocycles. The number of ether oxygens (including phenoxy) is 2. The van der Waals surface area contributed by atoms with E-state index in [2.05, 4.69) is 57.7 Å². The Kier molecular flexibility index (Phi) is 9.72. The molecule has 2 fully saturated rings. The molecule has 2 saturated heterocycles. The number of benzene rings is 1. The minimum atomic E-state index is 0.281. The van der Waals surface area contributed by atoms with Crippen molar-refractivity contribution in [2.75, 3.05) is 78.8 Å². The van der Waals surface area contributed by atoms with Crippen LogP contribution in [0.4, 0.5) is 0 Å². The standard InChI is InChI=1S/C22H37N5O2/c1-2-23-22(24-9-6-10-26-11-15-28-16-12-26)25-19-21(20-7-4-3-5-8-20)27-13-17-29-18-14-27/h3-5,7-8,21H,2,6,9-19H2,1H3,(H2,23,24,25). The van der Waals surface area contributed by atoms with Gasteiger partial charge in [-0.05, 0) is 25.5 Å². The van der Waals surface area contributed by atoms with Crippen molar-refractivity contribution in [2.45, 2.75) is 19.4 Å². The average molecular weight is 404 g/mol. The van der Waals surface area contributed by atoms with Crippen LogP contribution in [0.1, 0.15) is 24.9 Å². The van der Waals surface area contributed by atoms with Gasteiger partial charge in [0, 0.05) is 39.3 Å². The maximum Gasteiger partial charge on any atom is 0.191 e. The molecule has 2 aliphatic heterocycles. The topological polar surface area (TPSA) is 61.4 Å². The van der Waals surface area contributed by atoms with E-state index in [1.165, 1.54) is 5.56 Å². The van der Waals surface area contributed by atoms with Crippen LogP contribution in [0.15, 0.2) is 35.3 Å². The highest BCUT2D eigenvalue weighted by molar-refractivity contribution is 5.79. The van der Waals surface area contributed by atoms with Gasteiger partial charge in [-0.15, -0.1) is 0 Å². The Morgan fingerprint density at radius 3 is 2.38 bits per heavy atom. The number of guanidine groups is 1. The summed E-state index contributed by atoms with van der Waals surface area (Å²) in [5, 5.41) is 6.90. The molecule has 162 valence electrons.